The molecule has 0 spiro atoms. The van der Waals surface area contributed by atoms with Gasteiger partial charge in [0.05, 0.1) is 12.3 Å². The summed E-state index contributed by atoms with van der Waals surface area (Å²) in [5, 5.41) is 0.656. The zero-order chi connectivity index (χ0) is 12.0. The van der Waals surface area contributed by atoms with Crippen LogP contribution in [0.2, 0.25) is 0 Å². The SMILES string of the molecule is CCN(CCOC)c1c(F)cccc1CBr. The van der Waals surface area contributed by atoms with E-state index in [4.69, 9.17) is 4.74 Å². The molecule has 2 nitrogen and oxygen atoms in total. The van der Waals surface area contributed by atoms with Gasteiger partial charge in [0, 0.05) is 25.5 Å². The van der Waals surface area contributed by atoms with E-state index < -0.39 is 0 Å². The number of anilines is 1. The molecule has 0 aliphatic heterocycles. The molecule has 1 aromatic carbocycles. The third-order valence-electron chi connectivity index (χ3n) is 2.48. The highest BCUT2D eigenvalue weighted by molar-refractivity contribution is 9.08. The molecule has 0 amide bonds. The van der Waals surface area contributed by atoms with E-state index in [9.17, 15) is 4.39 Å². The fourth-order valence-electron chi connectivity index (χ4n) is 1.65. The third kappa shape index (κ3) is 3.19. The van der Waals surface area contributed by atoms with Gasteiger partial charge in [-0.3, -0.25) is 0 Å². The Morgan fingerprint density at radius 1 is 1.44 bits per heavy atom. The van der Waals surface area contributed by atoms with Gasteiger partial charge in [-0.05, 0) is 18.6 Å². The van der Waals surface area contributed by atoms with E-state index in [0.29, 0.717) is 24.2 Å². The van der Waals surface area contributed by atoms with Crippen molar-refractivity contribution in [1.29, 1.82) is 0 Å². The van der Waals surface area contributed by atoms with Crippen LogP contribution in [-0.4, -0.2) is 26.8 Å². The van der Waals surface area contributed by atoms with Crippen LogP contribution in [-0.2, 0) is 10.1 Å². The summed E-state index contributed by atoms with van der Waals surface area (Å²) in [6.07, 6.45) is 0. The van der Waals surface area contributed by atoms with E-state index in [1.54, 1.807) is 13.2 Å². The molecule has 0 radical (unpaired) electrons. The molecule has 90 valence electrons. The first kappa shape index (κ1) is 13.5. The average molecular weight is 290 g/mol. The fraction of sp³-hybridized carbons (Fsp3) is 0.500. The summed E-state index contributed by atoms with van der Waals surface area (Å²) in [6, 6.07) is 5.17. The van der Waals surface area contributed by atoms with Gasteiger partial charge in [0.25, 0.3) is 0 Å². The second-order valence-electron chi connectivity index (χ2n) is 3.45. The highest BCUT2D eigenvalue weighted by atomic mass is 79.9. The lowest BCUT2D eigenvalue weighted by Crippen LogP contribution is -2.28. The second-order valence-corrected chi connectivity index (χ2v) is 4.01. The lowest BCUT2D eigenvalue weighted by atomic mass is 10.1. The largest absolute Gasteiger partial charge is 0.383 e. The number of ether oxygens (including phenoxy) is 1. The number of halogens is 2. The monoisotopic (exact) mass is 289 g/mol. The number of methoxy groups -OCH3 is 1. The molecule has 16 heavy (non-hydrogen) atoms. The molecule has 0 heterocycles. The molecular weight excluding hydrogens is 273 g/mol. The summed E-state index contributed by atoms with van der Waals surface area (Å²) >= 11 is 3.38. The van der Waals surface area contributed by atoms with Gasteiger partial charge in [-0.1, -0.05) is 28.1 Å². The smallest absolute Gasteiger partial charge is 0.146 e. The lowest BCUT2D eigenvalue weighted by Gasteiger charge is -2.25. The summed E-state index contributed by atoms with van der Waals surface area (Å²) in [5.41, 5.74) is 1.65. The van der Waals surface area contributed by atoms with E-state index in [0.717, 1.165) is 12.1 Å². The minimum Gasteiger partial charge on any atom is -0.383 e. The molecule has 0 fully saturated rings. The number of para-hydroxylation sites is 1. The molecule has 0 aliphatic carbocycles. The van der Waals surface area contributed by atoms with Crippen LogP contribution in [0.3, 0.4) is 0 Å². The van der Waals surface area contributed by atoms with Gasteiger partial charge < -0.3 is 9.64 Å². The van der Waals surface area contributed by atoms with Gasteiger partial charge in [0.15, 0.2) is 0 Å². The molecule has 0 aromatic heterocycles. The first-order valence-electron chi connectivity index (χ1n) is 5.31. The maximum atomic E-state index is 13.8. The van der Waals surface area contributed by atoms with Crippen molar-refractivity contribution in [3.8, 4) is 0 Å². The lowest BCUT2D eigenvalue weighted by molar-refractivity contribution is 0.205. The quantitative estimate of drug-likeness (QED) is 0.746. The summed E-state index contributed by atoms with van der Waals surface area (Å²) in [7, 11) is 1.65. The third-order valence-corrected chi connectivity index (χ3v) is 3.08. The predicted octanol–water partition coefficient (Wildman–Crippen LogP) is 3.19. The van der Waals surface area contributed by atoms with E-state index in [1.165, 1.54) is 6.07 Å². The van der Waals surface area contributed by atoms with Crippen LogP contribution in [0, 0.1) is 5.82 Å². The molecule has 0 atom stereocenters. The number of nitrogens with zero attached hydrogens (tertiary/aromatic N) is 1. The van der Waals surface area contributed by atoms with Crippen molar-refractivity contribution in [2.75, 3.05) is 31.7 Å². The molecule has 0 aliphatic rings. The highest BCUT2D eigenvalue weighted by Crippen LogP contribution is 2.26. The van der Waals surface area contributed by atoms with E-state index >= 15 is 0 Å². The molecule has 1 rings (SSSR count). The Morgan fingerprint density at radius 2 is 2.19 bits per heavy atom. The van der Waals surface area contributed by atoms with Crippen molar-refractivity contribution in [3.05, 3.63) is 29.6 Å². The highest BCUT2D eigenvalue weighted by Gasteiger charge is 2.13. The van der Waals surface area contributed by atoms with Gasteiger partial charge in [-0.2, -0.15) is 0 Å². The van der Waals surface area contributed by atoms with Gasteiger partial charge >= 0.3 is 0 Å². The Morgan fingerprint density at radius 3 is 2.75 bits per heavy atom. The molecular formula is C12H17BrFNO. The maximum Gasteiger partial charge on any atom is 0.146 e. The number of benzene rings is 1. The standard InChI is InChI=1S/C12H17BrFNO/c1-3-15(7-8-16-2)12-10(9-13)5-4-6-11(12)14/h4-6H,3,7-9H2,1-2H3. The van der Waals surface area contributed by atoms with Crippen LogP contribution in [0.5, 0.6) is 0 Å². The van der Waals surface area contributed by atoms with Crippen LogP contribution < -0.4 is 4.90 Å². The molecule has 0 N–H and O–H groups in total. The van der Waals surface area contributed by atoms with E-state index in [1.807, 2.05) is 17.9 Å². The molecule has 0 bridgehead atoms. The van der Waals surface area contributed by atoms with Crippen molar-refractivity contribution in [2.24, 2.45) is 0 Å². The Balaban J connectivity index is 2.97. The Kier molecular flexibility index (Phi) is 5.77. The van der Waals surface area contributed by atoms with Gasteiger partial charge in [-0.15, -0.1) is 0 Å². The number of likely N-dealkylation sites (N-methyl/N-ethyl adjacent to an activating group) is 1. The number of rotatable bonds is 6. The van der Waals surface area contributed by atoms with Crippen LogP contribution in [0.15, 0.2) is 18.2 Å². The summed E-state index contributed by atoms with van der Waals surface area (Å²) in [4.78, 5) is 2.00. The summed E-state index contributed by atoms with van der Waals surface area (Å²) in [5.74, 6) is -0.171. The molecule has 0 unspecified atom stereocenters. The van der Waals surface area contributed by atoms with Crippen molar-refractivity contribution in [2.45, 2.75) is 12.3 Å². The molecule has 0 saturated carbocycles. The predicted molar refractivity (Wildman–Crippen MR) is 68.8 cm³/mol. The van der Waals surface area contributed by atoms with Crippen molar-refractivity contribution < 1.29 is 9.13 Å². The fourth-order valence-corrected chi connectivity index (χ4v) is 2.10. The Bertz CT molecular complexity index is 333. The van der Waals surface area contributed by atoms with Crippen molar-refractivity contribution in [3.63, 3.8) is 0 Å². The Labute approximate surface area is 105 Å². The molecule has 0 saturated heterocycles. The van der Waals surface area contributed by atoms with E-state index in [-0.39, 0.29) is 5.82 Å². The van der Waals surface area contributed by atoms with Crippen LogP contribution >= 0.6 is 15.9 Å². The minimum atomic E-state index is -0.171. The van der Waals surface area contributed by atoms with Crippen LogP contribution in [0.25, 0.3) is 0 Å². The normalized spacial score (nSPS) is 10.5. The first-order valence-corrected chi connectivity index (χ1v) is 6.44. The van der Waals surface area contributed by atoms with Crippen LogP contribution in [0.4, 0.5) is 10.1 Å². The number of hydrogen-bond donors (Lipinski definition) is 0. The van der Waals surface area contributed by atoms with Gasteiger partial charge in [-0.25, -0.2) is 4.39 Å². The van der Waals surface area contributed by atoms with Crippen molar-refractivity contribution >= 4 is 21.6 Å². The Hall–Kier alpha value is -0.610. The topological polar surface area (TPSA) is 12.5 Å². The van der Waals surface area contributed by atoms with Crippen molar-refractivity contribution in [1.82, 2.24) is 0 Å². The first-order chi connectivity index (χ1) is 7.74. The maximum absolute atomic E-state index is 13.8. The summed E-state index contributed by atoms with van der Waals surface area (Å²) in [6.45, 7) is 4.09. The average Bonchev–Trinajstić information content (AvgIpc) is 2.31. The minimum absolute atomic E-state index is 0.171. The zero-order valence-electron chi connectivity index (χ0n) is 9.67. The van der Waals surface area contributed by atoms with Gasteiger partial charge in [0.2, 0.25) is 0 Å². The number of hydrogen-bond acceptors (Lipinski definition) is 2. The van der Waals surface area contributed by atoms with Gasteiger partial charge in [0.1, 0.15) is 5.82 Å². The molecule has 4 heteroatoms. The zero-order valence-corrected chi connectivity index (χ0v) is 11.3. The molecule has 1 aromatic rings. The second kappa shape index (κ2) is 6.86. The van der Waals surface area contributed by atoms with E-state index in [2.05, 4.69) is 15.9 Å². The summed E-state index contributed by atoms with van der Waals surface area (Å²) < 4.78 is 18.8. The van der Waals surface area contributed by atoms with Crippen LogP contribution in [0.1, 0.15) is 12.5 Å². The number of alkyl halides is 1.